The van der Waals surface area contributed by atoms with Crippen molar-refractivity contribution in [3.05, 3.63) is 36.3 Å². The second-order valence-electron chi connectivity index (χ2n) is 4.09. The van der Waals surface area contributed by atoms with Crippen molar-refractivity contribution in [1.82, 2.24) is 14.8 Å². The highest BCUT2D eigenvalue weighted by Gasteiger charge is 2.17. The molecule has 2 heterocycles. The zero-order chi connectivity index (χ0) is 14.8. The van der Waals surface area contributed by atoms with Crippen LogP contribution in [0.5, 0.6) is 0 Å². The standard InChI is InChI=1S/C11H12N4O4S/c1-8-2-3-12-10(4-8)14-20(18,19)9-5-13-15(6-9)7-11(16)17/h2-6H,7H2,1H3,(H,12,14)(H,16,17). The van der Waals surface area contributed by atoms with E-state index in [0.717, 1.165) is 22.6 Å². The van der Waals surface area contributed by atoms with Gasteiger partial charge in [-0.1, -0.05) is 0 Å². The van der Waals surface area contributed by atoms with Gasteiger partial charge in [0.25, 0.3) is 10.0 Å². The number of aryl methyl sites for hydroxylation is 1. The van der Waals surface area contributed by atoms with Gasteiger partial charge < -0.3 is 5.11 Å². The summed E-state index contributed by atoms with van der Waals surface area (Å²) in [5.41, 5.74) is 0.860. The second-order valence-corrected chi connectivity index (χ2v) is 5.77. The molecule has 2 aromatic rings. The Morgan fingerprint density at radius 3 is 2.90 bits per heavy atom. The van der Waals surface area contributed by atoms with Gasteiger partial charge in [-0.15, -0.1) is 0 Å². The molecule has 0 spiro atoms. The maximum atomic E-state index is 12.1. The maximum absolute atomic E-state index is 12.1. The lowest BCUT2D eigenvalue weighted by atomic mass is 10.3. The van der Waals surface area contributed by atoms with Gasteiger partial charge in [-0.25, -0.2) is 13.4 Å². The topological polar surface area (TPSA) is 114 Å². The Bertz CT molecular complexity index is 738. The van der Waals surface area contributed by atoms with Gasteiger partial charge in [-0.3, -0.25) is 14.2 Å². The Kier molecular flexibility index (Phi) is 3.70. The smallest absolute Gasteiger partial charge is 0.325 e. The predicted molar refractivity (Wildman–Crippen MR) is 69.6 cm³/mol. The molecule has 8 nitrogen and oxygen atoms in total. The molecular formula is C11H12N4O4S. The Labute approximate surface area is 115 Å². The van der Waals surface area contributed by atoms with Crippen LogP contribution in [-0.2, 0) is 21.4 Å². The summed E-state index contributed by atoms with van der Waals surface area (Å²) in [6.45, 7) is 1.41. The number of nitrogens with zero attached hydrogens (tertiary/aromatic N) is 3. The summed E-state index contributed by atoms with van der Waals surface area (Å²) in [5.74, 6) is -0.915. The minimum Gasteiger partial charge on any atom is -0.480 e. The predicted octanol–water partition coefficient (Wildman–Crippen LogP) is 0.472. The molecule has 20 heavy (non-hydrogen) atoms. The number of aromatic nitrogens is 3. The van der Waals surface area contributed by atoms with Crippen LogP contribution < -0.4 is 4.72 Å². The van der Waals surface area contributed by atoms with Crippen molar-refractivity contribution in [3.8, 4) is 0 Å². The van der Waals surface area contributed by atoms with Crippen molar-refractivity contribution in [3.63, 3.8) is 0 Å². The number of sulfonamides is 1. The number of aliphatic carboxylic acids is 1. The van der Waals surface area contributed by atoms with Crippen LogP contribution in [0.4, 0.5) is 5.82 Å². The normalized spacial score (nSPS) is 11.2. The summed E-state index contributed by atoms with van der Waals surface area (Å²) in [4.78, 5) is 14.3. The SMILES string of the molecule is Cc1ccnc(NS(=O)(=O)c2cnn(CC(=O)O)c2)c1. The number of pyridine rings is 1. The summed E-state index contributed by atoms with van der Waals surface area (Å²) in [5, 5.41) is 12.3. The van der Waals surface area contributed by atoms with Crippen LogP contribution in [0.2, 0.25) is 0 Å². The van der Waals surface area contributed by atoms with Crippen LogP contribution in [0.25, 0.3) is 0 Å². The fourth-order valence-corrected chi connectivity index (χ4v) is 2.45. The minimum absolute atomic E-state index is 0.123. The Morgan fingerprint density at radius 2 is 2.25 bits per heavy atom. The zero-order valence-corrected chi connectivity index (χ0v) is 11.3. The largest absolute Gasteiger partial charge is 0.480 e. The van der Waals surface area contributed by atoms with Gasteiger partial charge in [0, 0.05) is 12.4 Å². The first-order valence-corrected chi connectivity index (χ1v) is 7.05. The lowest BCUT2D eigenvalue weighted by molar-refractivity contribution is -0.137. The fraction of sp³-hybridized carbons (Fsp3) is 0.182. The van der Waals surface area contributed by atoms with E-state index < -0.39 is 22.5 Å². The van der Waals surface area contributed by atoms with E-state index in [0.29, 0.717) is 0 Å². The minimum atomic E-state index is -3.83. The van der Waals surface area contributed by atoms with Crippen molar-refractivity contribution < 1.29 is 18.3 Å². The summed E-state index contributed by atoms with van der Waals surface area (Å²) < 4.78 is 27.5. The van der Waals surface area contributed by atoms with Crippen molar-refractivity contribution in [2.75, 3.05) is 4.72 Å². The first kappa shape index (κ1) is 14.0. The van der Waals surface area contributed by atoms with Crippen LogP contribution in [0.3, 0.4) is 0 Å². The molecule has 0 amide bonds. The molecule has 106 valence electrons. The lowest BCUT2D eigenvalue weighted by Crippen LogP contribution is -2.14. The highest BCUT2D eigenvalue weighted by molar-refractivity contribution is 7.92. The van der Waals surface area contributed by atoms with Gasteiger partial charge in [-0.2, -0.15) is 5.10 Å². The molecule has 0 aliphatic rings. The summed E-state index contributed by atoms with van der Waals surface area (Å²) in [6.07, 6.45) is 3.72. The first-order chi connectivity index (χ1) is 9.37. The van der Waals surface area contributed by atoms with Gasteiger partial charge in [0.05, 0.1) is 6.20 Å². The van der Waals surface area contributed by atoms with E-state index in [2.05, 4.69) is 14.8 Å². The van der Waals surface area contributed by atoms with E-state index in [1.54, 1.807) is 12.1 Å². The fourth-order valence-electron chi connectivity index (χ4n) is 1.50. The number of rotatable bonds is 5. The first-order valence-electron chi connectivity index (χ1n) is 5.56. The highest BCUT2D eigenvalue weighted by Crippen LogP contribution is 2.14. The molecule has 2 aromatic heterocycles. The third kappa shape index (κ3) is 3.32. The molecule has 0 radical (unpaired) electrons. The van der Waals surface area contributed by atoms with Crippen LogP contribution in [0, 0.1) is 6.92 Å². The van der Waals surface area contributed by atoms with Crippen LogP contribution >= 0.6 is 0 Å². The number of hydrogen-bond acceptors (Lipinski definition) is 5. The Morgan fingerprint density at radius 1 is 1.50 bits per heavy atom. The quantitative estimate of drug-likeness (QED) is 0.829. The Balaban J connectivity index is 2.22. The molecule has 0 saturated carbocycles. The number of hydrogen-bond donors (Lipinski definition) is 2. The molecular weight excluding hydrogens is 284 g/mol. The zero-order valence-electron chi connectivity index (χ0n) is 10.5. The number of anilines is 1. The van der Waals surface area contributed by atoms with Crippen molar-refractivity contribution >= 4 is 21.8 Å². The van der Waals surface area contributed by atoms with E-state index in [9.17, 15) is 13.2 Å². The van der Waals surface area contributed by atoms with Crippen molar-refractivity contribution in [1.29, 1.82) is 0 Å². The third-order valence-electron chi connectivity index (χ3n) is 2.37. The average Bonchev–Trinajstić information content (AvgIpc) is 2.76. The lowest BCUT2D eigenvalue weighted by Gasteiger charge is -2.05. The molecule has 0 aliphatic carbocycles. The van der Waals surface area contributed by atoms with Crippen molar-refractivity contribution in [2.45, 2.75) is 18.4 Å². The number of carboxylic acids is 1. The second kappa shape index (κ2) is 5.29. The highest BCUT2D eigenvalue weighted by atomic mass is 32.2. The van der Waals surface area contributed by atoms with Gasteiger partial charge in [0.1, 0.15) is 17.3 Å². The van der Waals surface area contributed by atoms with E-state index in [-0.39, 0.29) is 10.7 Å². The van der Waals surface area contributed by atoms with Crippen LogP contribution in [-0.4, -0.2) is 34.3 Å². The van der Waals surface area contributed by atoms with E-state index in [1.165, 1.54) is 6.20 Å². The van der Waals surface area contributed by atoms with Gasteiger partial charge >= 0.3 is 5.97 Å². The van der Waals surface area contributed by atoms with Gasteiger partial charge in [-0.05, 0) is 24.6 Å². The van der Waals surface area contributed by atoms with E-state index >= 15 is 0 Å². The van der Waals surface area contributed by atoms with Crippen LogP contribution in [0.15, 0.2) is 35.6 Å². The summed E-state index contributed by atoms with van der Waals surface area (Å²) >= 11 is 0. The molecule has 0 bridgehead atoms. The molecule has 0 saturated heterocycles. The summed E-state index contributed by atoms with van der Waals surface area (Å²) in [6, 6.07) is 3.32. The van der Waals surface area contributed by atoms with Gasteiger partial charge in [0.2, 0.25) is 0 Å². The monoisotopic (exact) mass is 296 g/mol. The molecule has 0 unspecified atom stereocenters. The molecule has 2 rings (SSSR count). The maximum Gasteiger partial charge on any atom is 0.325 e. The molecule has 9 heteroatoms. The molecule has 0 fully saturated rings. The Hall–Kier alpha value is -2.42. The molecule has 0 aromatic carbocycles. The van der Waals surface area contributed by atoms with Gasteiger partial charge in [0.15, 0.2) is 0 Å². The van der Waals surface area contributed by atoms with Crippen molar-refractivity contribution in [2.24, 2.45) is 0 Å². The summed E-state index contributed by atoms with van der Waals surface area (Å²) in [7, 11) is -3.83. The third-order valence-corrected chi connectivity index (χ3v) is 3.68. The molecule has 2 N–H and O–H groups in total. The average molecular weight is 296 g/mol. The number of nitrogens with one attached hydrogen (secondary N) is 1. The van der Waals surface area contributed by atoms with E-state index in [1.807, 2.05) is 6.92 Å². The van der Waals surface area contributed by atoms with E-state index in [4.69, 9.17) is 5.11 Å². The molecule has 0 aliphatic heterocycles. The molecule has 0 atom stereocenters. The number of carboxylic acid groups (broad SMARTS) is 1. The van der Waals surface area contributed by atoms with Crippen LogP contribution in [0.1, 0.15) is 5.56 Å². The number of carbonyl (C=O) groups is 1.